The van der Waals surface area contributed by atoms with Gasteiger partial charge >= 0.3 is 0 Å². The van der Waals surface area contributed by atoms with Crippen LogP contribution in [0.1, 0.15) is 48.6 Å². The Labute approximate surface area is 238 Å². The first-order valence-corrected chi connectivity index (χ1v) is 14.1. The summed E-state index contributed by atoms with van der Waals surface area (Å²) in [4.78, 5) is 25.3. The van der Waals surface area contributed by atoms with Crippen LogP contribution in [0.3, 0.4) is 0 Å². The normalized spacial score (nSPS) is 10.8. The third-order valence-electron chi connectivity index (χ3n) is 6.66. The summed E-state index contributed by atoms with van der Waals surface area (Å²) in [5.74, 6) is -0.189. The van der Waals surface area contributed by atoms with Crippen molar-refractivity contribution in [2.24, 2.45) is 0 Å². The van der Waals surface area contributed by atoms with Gasteiger partial charge in [0.15, 0.2) is 0 Å². The monoisotopic (exact) mass is 546 g/mol. The molecule has 1 heterocycles. The Hall–Kier alpha value is -4.62. The molecule has 1 aromatic heterocycles. The van der Waals surface area contributed by atoms with Gasteiger partial charge in [-0.1, -0.05) is 114 Å². The van der Waals surface area contributed by atoms with E-state index in [9.17, 15) is 9.59 Å². The molecule has 0 radical (unpaired) electrons. The van der Waals surface area contributed by atoms with Gasteiger partial charge in [0.1, 0.15) is 5.01 Å². The van der Waals surface area contributed by atoms with Crippen LogP contribution in [-0.4, -0.2) is 35.1 Å². The molecule has 0 bridgehead atoms. The van der Waals surface area contributed by atoms with E-state index in [1.165, 1.54) is 22.5 Å². The third kappa shape index (κ3) is 7.07. The zero-order chi connectivity index (χ0) is 27.6. The maximum absolute atomic E-state index is 12.7. The molecular formula is C33H30N4O2S. The van der Waals surface area contributed by atoms with E-state index in [0.29, 0.717) is 35.1 Å². The molecule has 4 aromatic carbocycles. The average molecular weight is 547 g/mol. The number of hydrogen-bond acceptors (Lipinski definition) is 5. The van der Waals surface area contributed by atoms with Crippen LogP contribution in [0.2, 0.25) is 0 Å². The van der Waals surface area contributed by atoms with Gasteiger partial charge in [-0.05, 0) is 40.8 Å². The zero-order valence-electron chi connectivity index (χ0n) is 22.0. The molecular weight excluding hydrogens is 516 g/mol. The van der Waals surface area contributed by atoms with Crippen LogP contribution in [0.4, 0.5) is 0 Å². The van der Waals surface area contributed by atoms with Gasteiger partial charge in [-0.15, -0.1) is 10.2 Å². The molecule has 7 heteroatoms. The Kier molecular flexibility index (Phi) is 9.06. The van der Waals surface area contributed by atoms with Gasteiger partial charge in [-0.25, -0.2) is 0 Å². The number of carbonyl (C=O) groups is 2. The minimum Gasteiger partial charge on any atom is -0.352 e. The maximum Gasteiger partial charge on any atom is 0.282 e. The van der Waals surface area contributed by atoms with E-state index < -0.39 is 0 Å². The molecule has 0 fully saturated rings. The number of aromatic nitrogens is 2. The summed E-state index contributed by atoms with van der Waals surface area (Å²) < 4.78 is 0. The quantitative estimate of drug-likeness (QED) is 0.209. The Morgan fingerprint density at radius 3 is 1.80 bits per heavy atom. The lowest BCUT2D eigenvalue weighted by atomic mass is 9.88. The third-order valence-corrected chi connectivity index (χ3v) is 7.64. The first-order chi connectivity index (χ1) is 19.7. The molecule has 0 atom stereocenters. The number of benzene rings is 4. The highest BCUT2D eigenvalue weighted by Crippen LogP contribution is 2.27. The number of rotatable bonds is 11. The van der Waals surface area contributed by atoms with Crippen molar-refractivity contribution in [3.8, 4) is 11.1 Å². The molecule has 0 saturated heterocycles. The first-order valence-electron chi connectivity index (χ1n) is 13.3. The van der Waals surface area contributed by atoms with Gasteiger partial charge in [-0.2, -0.15) is 0 Å². The largest absolute Gasteiger partial charge is 0.352 e. The van der Waals surface area contributed by atoms with Gasteiger partial charge in [0.2, 0.25) is 5.01 Å². The Morgan fingerprint density at radius 1 is 0.625 bits per heavy atom. The lowest BCUT2D eigenvalue weighted by Gasteiger charge is -2.18. The number of carbonyl (C=O) groups excluding carboxylic acids is 2. The van der Waals surface area contributed by atoms with Crippen molar-refractivity contribution in [3.05, 3.63) is 142 Å². The van der Waals surface area contributed by atoms with Crippen molar-refractivity contribution < 1.29 is 9.59 Å². The number of amides is 2. The molecule has 0 aliphatic carbocycles. The molecule has 5 aromatic rings. The van der Waals surface area contributed by atoms with E-state index in [2.05, 4.69) is 45.1 Å². The Bertz CT molecular complexity index is 1480. The molecule has 0 saturated carbocycles. The molecule has 5 rings (SSSR count). The van der Waals surface area contributed by atoms with Crippen molar-refractivity contribution >= 4 is 23.2 Å². The average Bonchev–Trinajstić information content (AvgIpc) is 3.50. The fourth-order valence-electron chi connectivity index (χ4n) is 4.58. The fourth-order valence-corrected chi connectivity index (χ4v) is 5.33. The lowest BCUT2D eigenvalue weighted by Crippen LogP contribution is -2.25. The SMILES string of the molecule is O=C(NCCc1nnc(C(=O)NCCC(c2ccccc2)c2ccccc2)s1)c1ccc(-c2ccccc2)cc1. The first kappa shape index (κ1) is 27.0. The summed E-state index contributed by atoms with van der Waals surface area (Å²) >= 11 is 1.25. The van der Waals surface area contributed by atoms with Crippen LogP contribution in [0.15, 0.2) is 115 Å². The molecule has 0 unspecified atom stereocenters. The second-order valence-corrected chi connectivity index (χ2v) is 10.4. The minimum atomic E-state index is -0.230. The summed E-state index contributed by atoms with van der Waals surface area (Å²) in [5, 5.41) is 15.2. The van der Waals surface area contributed by atoms with Crippen LogP contribution < -0.4 is 10.6 Å². The summed E-state index contributed by atoms with van der Waals surface area (Å²) in [6.45, 7) is 0.923. The van der Waals surface area contributed by atoms with Crippen LogP contribution in [0.25, 0.3) is 11.1 Å². The molecule has 0 aliphatic heterocycles. The maximum atomic E-state index is 12.7. The molecule has 2 N–H and O–H groups in total. The summed E-state index contributed by atoms with van der Waals surface area (Å²) in [5.41, 5.74) is 5.21. The Morgan fingerprint density at radius 2 is 1.18 bits per heavy atom. The molecule has 6 nitrogen and oxygen atoms in total. The molecule has 0 aliphatic rings. The van der Waals surface area contributed by atoms with E-state index in [4.69, 9.17) is 0 Å². The highest BCUT2D eigenvalue weighted by Gasteiger charge is 2.17. The number of nitrogens with one attached hydrogen (secondary N) is 2. The lowest BCUT2D eigenvalue weighted by molar-refractivity contribution is 0.0944. The van der Waals surface area contributed by atoms with Crippen molar-refractivity contribution in [2.75, 3.05) is 13.1 Å². The van der Waals surface area contributed by atoms with Crippen molar-refractivity contribution in [1.29, 1.82) is 0 Å². The molecule has 200 valence electrons. The number of nitrogens with zero attached hydrogens (tertiary/aromatic N) is 2. The van der Waals surface area contributed by atoms with E-state index >= 15 is 0 Å². The Balaban J connectivity index is 1.09. The van der Waals surface area contributed by atoms with Crippen molar-refractivity contribution in [1.82, 2.24) is 20.8 Å². The standard InChI is InChI=1S/C33H30N4O2S/c38-31(28-18-16-25(17-19-28)24-10-4-1-5-11-24)34-23-21-30-36-37-33(40-30)32(39)35-22-20-29(26-12-6-2-7-13-26)27-14-8-3-9-15-27/h1-19,29H,20-23H2,(H,34,38)(H,35,39). The summed E-state index contributed by atoms with van der Waals surface area (Å²) in [6, 6.07) is 38.2. The second kappa shape index (κ2) is 13.4. The molecule has 2 amide bonds. The highest BCUT2D eigenvalue weighted by molar-refractivity contribution is 7.13. The second-order valence-electron chi connectivity index (χ2n) is 9.37. The van der Waals surface area contributed by atoms with Gasteiger partial charge in [0, 0.05) is 31.0 Å². The summed E-state index contributed by atoms with van der Waals surface area (Å²) in [7, 11) is 0. The van der Waals surface area contributed by atoms with Crippen molar-refractivity contribution in [2.45, 2.75) is 18.8 Å². The van der Waals surface area contributed by atoms with Crippen LogP contribution in [0.5, 0.6) is 0 Å². The van der Waals surface area contributed by atoms with Crippen LogP contribution in [0, 0.1) is 0 Å². The molecule has 40 heavy (non-hydrogen) atoms. The van der Waals surface area contributed by atoms with E-state index in [-0.39, 0.29) is 17.7 Å². The predicted molar refractivity (Wildman–Crippen MR) is 160 cm³/mol. The van der Waals surface area contributed by atoms with Crippen molar-refractivity contribution in [3.63, 3.8) is 0 Å². The van der Waals surface area contributed by atoms with E-state index in [1.807, 2.05) is 91.0 Å². The van der Waals surface area contributed by atoms with Crippen LogP contribution in [-0.2, 0) is 6.42 Å². The smallest absolute Gasteiger partial charge is 0.282 e. The van der Waals surface area contributed by atoms with E-state index in [1.54, 1.807) is 0 Å². The van der Waals surface area contributed by atoms with Crippen LogP contribution >= 0.6 is 11.3 Å². The summed E-state index contributed by atoms with van der Waals surface area (Å²) in [6.07, 6.45) is 1.27. The minimum absolute atomic E-state index is 0.145. The van der Waals surface area contributed by atoms with E-state index in [0.717, 1.165) is 17.5 Å². The topological polar surface area (TPSA) is 84.0 Å². The van der Waals surface area contributed by atoms with Gasteiger partial charge in [0.25, 0.3) is 11.8 Å². The molecule has 0 spiro atoms. The number of hydrogen-bond donors (Lipinski definition) is 2. The zero-order valence-corrected chi connectivity index (χ0v) is 22.8. The van der Waals surface area contributed by atoms with Gasteiger partial charge in [0.05, 0.1) is 0 Å². The predicted octanol–water partition coefficient (Wildman–Crippen LogP) is 6.13. The van der Waals surface area contributed by atoms with Gasteiger partial charge in [-0.3, -0.25) is 9.59 Å². The highest BCUT2D eigenvalue weighted by atomic mass is 32.1. The fraction of sp³-hybridized carbons (Fsp3) is 0.152. The van der Waals surface area contributed by atoms with Gasteiger partial charge < -0.3 is 10.6 Å².